The maximum absolute atomic E-state index is 14.1. The van der Waals surface area contributed by atoms with Gasteiger partial charge in [-0.25, -0.2) is 17.6 Å². The number of hydrogen-bond donors (Lipinski definition) is 2. The number of H-pyrrole nitrogens is 1. The highest BCUT2D eigenvalue weighted by molar-refractivity contribution is 6.03. The normalized spacial score (nSPS) is 23.1. The number of nitrogens with two attached hydrogens (primary N) is 1. The number of pyridine rings is 2. The van der Waals surface area contributed by atoms with Crippen molar-refractivity contribution in [2.45, 2.75) is 44.4 Å². The molecule has 2 saturated carbocycles. The number of alkyl halides is 2. The van der Waals surface area contributed by atoms with Crippen molar-refractivity contribution in [3.05, 3.63) is 75.3 Å². The lowest BCUT2D eigenvalue weighted by atomic mass is 9.85. The molecule has 5 rings (SSSR count). The maximum Gasteiger partial charge on any atom is 0.268 e. The number of benzene rings is 1. The zero-order valence-corrected chi connectivity index (χ0v) is 17.9. The number of halogens is 4. The van der Waals surface area contributed by atoms with Gasteiger partial charge in [-0.1, -0.05) is 6.07 Å². The minimum absolute atomic E-state index is 0.00403. The van der Waals surface area contributed by atoms with Gasteiger partial charge in [0.05, 0.1) is 10.9 Å². The maximum atomic E-state index is 14.1. The van der Waals surface area contributed by atoms with E-state index in [-0.39, 0.29) is 40.3 Å². The van der Waals surface area contributed by atoms with Crippen molar-refractivity contribution in [3.8, 4) is 0 Å². The van der Waals surface area contributed by atoms with Crippen LogP contribution in [-0.4, -0.2) is 21.8 Å². The second-order valence-electron chi connectivity index (χ2n) is 8.62. The van der Waals surface area contributed by atoms with Crippen LogP contribution in [-0.2, 0) is 0 Å². The molecule has 9 heteroatoms. The molecule has 2 aliphatic carbocycles. The summed E-state index contributed by atoms with van der Waals surface area (Å²) in [5.41, 5.74) is 5.80. The molecule has 2 aliphatic rings. The van der Waals surface area contributed by atoms with E-state index < -0.39 is 29.4 Å². The average Bonchev–Trinajstić information content (AvgIpc) is 3.33. The number of amides is 1. The van der Waals surface area contributed by atoms with E-state index in [2.05, 4.69) is 9.97 Å². The predicted octanol–water partition coefficient (Wildman–Crippen LogP) is 4.83. The average molecular weight is 461 g/mol. The molecule has 1 unspecified atom stereocenters. The SMILES string of the molecule is Cc1c(F)ccc(C2CC[C@H]3[C@@H]2CCC3(F)F)c1F.NC(=O)c1nccc2[nH]ccc(=O)c12. The van der Waals surface area contributed by atoms with Crippen molar-refractivity contribution in [1.82, 2.24) is 9.97 Å². The standard InChI is InChI=1S/C15H16F4.C9H7N3O2/c1-8-13(16)5-3-11(14(8)17)9-2-4-12-10(9)6-7-15(12,18)19;10-9(14)8-7-5(1-3-12-8)11-4-2-6(7)13/h3,5,9-10,12H,2,4,6-7H2,1H3;1-4H,(H2,10,14)(H,11,13)/t9?,10-,12+;/m1./s1. The van der Waals surface area contributed by atoms with E-state index >= 15 is 0 Å². The number of aromatic nitrogens is 2. The summed E-state index contributed by atoms with van der Waals surface area (Å²) in [4.78, 5) is 29.0. The topological polar surface area (TPSA) is 88.8 Å². The van der Waals surface area contributed by atoms with Crippen molar-refractivity contribution in [2.24, 2.45) is 17.6 Å². The number of nitrogens with one attached hydrogen (secondary N) is 1. The molecule has 2 aromatic heterocycles. The van der Waals surface area contributed by atoms with Gasteiger partial charge in [-0.2, -0.15) is 0 Å². The number of primary amides is 1. The van der Waals surface area contributed by atoms with Crippen LogP contribution >= 0.6 is 0 Å². The Morgan fingerprint density at radius 1 is 1.15 bits per heavy atom. The van der Waals surface area contributed by atoms with Crippen molar-refractivity contribution < 1.29 is 22.4 Å². The van der Waals surface area contributed by atoms with E-state index in [1.54, 1.807) is 6.07 Å². The summed E-state index contributed by atoms with van der Waals surface area (Å²) < 4.78 is 54.8. The molecule has 2 heterocycles. The fourth-order valence-corrected chi connectivity index (χ4v) is 5.20. The second-order valence-corrected chi connectivity index (χ2v) is 8.62. The van der Waals surface area contributed by atoms with E-state index in [4.69, 9.17) is 5.73 Å². The smallest absolute Gasteiger partial charge is 0.268 e. The lowest BCUT2D eigenvalue weighted by Gasteiger charge is -2.21. The van der Waals surface area contributed by atoms with Gasteiger partial charge in [0.15, 0.2) is 5.43 Å². The Balaban J connectivity index is 0.000000165. The summed E-state index contributed by atoms with van der Waals surface area (Å²) in [5.74, 6) is -5.40. The fraction of sp³-hybridized carbons (Fsp3) is 0.375. The first-order valence-corrected chi connectivity index (χ1v) is 10.7. The second kappa shape index (κ2) is 8.61. The van der Waals surface area contributed by atoms with Gasteiger partial charge in [0.25, 0.3) is 11.8 Å². The van der Waals surface area contributed by atoms with Crippen molar-refractivity contribution in [3.63, 3.8) is 0 Å². The molecule has 0 radical (unpaired) electrons. The van der Waals surface area contributed by atoms with Gasteiger partial charge in [-0.3, -0.25) is 14.6 Å². The zero-order valence-electron chi connectivity index (χ0n) is 17.9. The minimum atomic E-state index is -2.61. The third-order valence-electron chi connectivity index (χ3n) is 6.83. The van der Waals surface area contributed by atoms with E-state index in [0.29, 0.717) is 30.3 Å². The molecule has 0 bridgehead atoms. The van der Waals surface area contributed by atoms with E-state index in [0.717, 1.165) is 0 Å². The number of rotatable bonds is 2. The molecular formula is C24H23F4N3O2. The first kappa shape index (κ1) is 22.9. The summed E-state index contributed by atoms with van der Waals surface area (Å²) in [6, 6.07) is 5.62. The molecule has 3 aromatic rings. The molecule has 0 saturated heterocycles. The van der Waals surface area contributed by atoms with Crippen LogP contribution in [0.4, 0.5) is 17.6 Å². The summed E-state index contributed by atoms with van der Waals surface area (Å²) in [7, 11) is 0. The summed E-state index contributed by atoms with van der Waals surface area (Å²) in [6.07, 6.45) is 4.30. The molecule has 33 heavy (non-hydrogen) atoms. The first-order valence-electron chi connectivity index (χ1n) is 10.7. The highest BCUT2D eigenvalue weighted by Crippen LogP contribution is 2.58. The van der Waals surface area contributed by atoms with Gasteiger partial charge in [0.2, 0.25) is 0 Å². The number of nitrogens with zero attached hydrogens (tertiary/aromatic N) is 1. The Bertz CT molecular complexity index is 1270. The number of carbonyl (C=O) groups is 1. The van der Waals surface area contributed by atoms with Crippen molar-refractivity contribution >= 4 is 16.8 Å². The Hall–Kier alpha value is -3.23. The quantitative estimate of drug-likeness (QED) is 0.536. The molecule has 3 atom stereocenters. The van der Waals surface area contributed by atoms with Crippen LogP contribution in [0.15, 0.2) is 41.5 Å². The fourth-order valence-electron chi connectivity index (χ4n) is 5.20. The predicted molar refractivity (Wildman–Crippen MR) is 115 cm³/mol. The summed E-state index contributed by atoms with van der Waals surface area (Å²) >= 11 is 0. The van der Waals surface area contributed by atoms with Crippen LogP contribution in [0, 0.1) is 30.4 Å². The largest absolute Gasteiger partial charge is 0.364 e. The number of hydrogen-bond acceptors (Lipinski definition) is 3. The zero-order chi connectivity index (χ0) is 23.9. The van der Waals surface area contributed by atoms with Crippen LogP contribution < -0.4 is 11.2 Å². The first-order chi connectivity index (χ1) is 15.6. The third-order valence-corrected chi connectivity index (χ3v) is 6.83. The van der Waals surface area contributed by atoms with Gasteiger partial charge in [-0.15, -0.1) is 0 Å². The van der Waals surface area contributed by atoms with Crippen molar-refractivity contribution in [2.75, 3.05) is 0 Å². The van der Waals surface area contributed by atoms with Gasteiger partial charge in [0.1, 0.15) is 17.3 Å². The molecule has 174 valence electrons. The van der Waals surface area contributed by atoms with Crippen LogP contribution in [0.2, 0.25) is 0 Å². The van der Waals surface area contributed by atoms with E-state index in [9.17, 15) is 27.2 Å². The molecule has 0 spiro atoms. The van der Waals surface area contributed by atoms with E-state index in [1.165, 1.54) is 37.5 Å². The molecule has 0 aliphatic heterocycles. The molecule has 1 amide bonds. The third kappa shape index (κ3) is 4.12. The van der Waals surface area contributed by atoms with Gasteiger partial charge < -0.3 is 10.7 Å². The van der Waals surface area contributed by atoms with Crippen LogP contribution in [0.3, 0.4) is 0 Å². The monoisotopic (exact) mass is 461 g/mol. The highest BCUT2D eigenvalue weighted by atomic mass is 19.3. The van der Waals surface area contributed by atoms with Crippen LogP contribution in [0.5, 0.6) is 0 Å². The number of fused-ring (bicyclic) bond motifs is 2. The highest BCUT2D eigenvalue weighted by Gasteiger charge is 2.55. The van der Waals surface area contributed by atoms with Crippen molar-refractivity contribution in [1.29, 1.82) is 0 Å². The number of aromatic amines is 1. The summed E-state index contributed by atoms with van der Waals surface area (Å²) in [6.45, 7) is 1.39. The van der Waals surface area contributed by atoms with Gasteiger partial charge in [0, 0.05) is 36.4 Å². The number of carbonyl (C=O) groups excluding carboxylic acids is 1. The lowest BCUT2D eigenvalue weighted by molar-refractivity contribution is -0.0410. The Morgan fingerprint density at radius 3 is 2.64 bits per heavy atom. The Morgan fingerprint density at radius 2 is 1.91 bits per heavy atom. The van der Waals surface area contributed by atoms with E-state index in [1.807, 2.05) is 0 Å². The lowest BCUT2D eigenvalue weighted by Crippen LogP contribution is -2.23. The van der Waals surface area contributed by atoms with Gasteiger partial charge in [-0.05, 0) is 55.7 Å². The van der Waals surface area contributed by atoms with Gasteiger partial charge >= 0.3 is 0 Å². The minimum Gasteiger partial charge on any atom is -0.364 e. The Labute approximate surface area is 187 Å². The molecular weight excluding hydrogens is 438 g/mol. The van der Waals surface area contributed by atoms with Crippen LogP contribution in [0.1, 0.15) is 53.2 Å². The molecule has 2 fully saturated rings. The Kier molecular flexibility index (Phi) is 5.99. The van der Waals surface area contributed by atoms with Crippen LogP contribution in [0.25, 0.3) is 10.9 Å². The molecule has 3 N–H and O–H groups in total. The molecule has 5 nitrogen and oxygen atoms in total. The molecule has 1 aromatic carbocycles. The summed E-state index contributed by atoms with van der Waals surface area (Å²) in [5, 5.41) is 0.238.